The molecule has 0 unspecified atom stereocenters. The van der Waals surface area contributed by atoms with Crippen LogP contribution in [0.25, 0.3) is 10.8 Å². The van der Waals surface area contributed by atoms with Gasteiger partial charge >= 0.3 is 5.97 Å². The van der Waals surface area contributed by atoms with Crippen LogP contribution in [0, 0.1) is 0 Å². The van der Waals surface area contributed by atoms with Crippen LogP contribution in [-0.4, -0.2) is 18.3 Å². The molecule has 0 N–H and O–H groups in total. The standard InChI is InChI=1S/C18H22O2S/c1-2-20-18(19)10-4-3-7-13-21-17-12-11-15-8-5-6-9-16(15)14-17/h5-6,8-9,11-12,14H,2-4,7,10,13H2,1H3. The van der Waals surface area contributed by atoms with Gasteiger partial charge in [-0.2, -0.15) is 0 Å². The molecule has 3 heteroatoms. The summed E-state index contributed by atoms with van der Waals surface area (Å²) in [6, 6.07) is 15.0. The molecule has 112 valence electrons. The molecular formula is C18H22O2S. The Labute approximate surface area is 130 Å². The molecule has 0 saturated carbocycles. The highest BCUT2D eigenvalue weighted by Crippen LogP contribution is 2.24. The minimum absolute atomic E-state index is 0.0697. The Kier molecular flexibility index (Phi) is 6.61. The summed E-state index contributed by atoms with van der Waals surface area (Å²) in [4.78, 5) is 12.5. The van der Waals surface area contributed by atoms with E-state index < -0.39 is 0 Å². The molecule has 2 nitrogen and oxygen atoms in total. The summed E-state index contributed by atoms with van der Waals surface area (Å²) in [5, 5.41) is 2.58. The molecule has 0 aliphatic heterocycles. The van der Waals surface area contributed by atoms with Crippen molar-refractivity contribution in [2.45, 2.75) is 37.5 Å². The third kappa shape index (κ3) is 5.43. The molecule has 0 fully saturated rings. The van der Waals surface area contributed by atoms with E-state index in [2.05, 4.69) is 42.5 Å². The molecule has 0 radical (unpaired) electrons. The van der Waals surface area contributed by atoms with Crippen molar-refractivity contribution < 1.29 is 9.53 Å². The molecule has 0 aliphatic rings. The van der Waals surface area contributed by atoms with Gasteiger partial charge in [0.15, 0.2) is 0 Å². The molecular weight excluding hydrogens is 280 g/mol. The lowest BCUT2D eigenvalue weighted by atomic mass is 10.1. The van der Waals surface area contributed by atoms with Gasteiger partial charge in [0.2, 0.25) is 0 Å². The van der Waals surface area contributed by atoms with Crippen molar-refractivity contribution in [2.75, 3.05) is 12.4 Å². The number of ether oxygens (including phenoxy) is 1. The monoisotopic (exact) mass is 302 g/mol. The molecule has 0 saturated heterocycles. The van der Waals surface area contributed by atoms with E-state index >= 15 is 0 Å². The highest BCUT2D eigenvalue weighted by atomic mass is 32.2. The second-order valence-corrected chi connectivity index (χ2v) is 6.14. The van der Waals surface area contributed by atoms with Gasteiger partial charge in [-0.15, -0.1) is 11.8 Å². The Bertz CT molecular complexity index is 580. The van der Waals surface area contributed by atoms with Crippen LogP contribution in [0.1, 0.15) is 32.6 Å². The Balaban J connectivity index is 1.67. The van der Waals surface area contributed by atoms with Crippen molar-refractivity contribution in [3.8, 4) is 0 Å². The average Bonchev–Trinajstić information content (AvgIpc) is 2.51. The number of hydrogen-bond acceptors (Lipinski definition) is 3. The summed E-state index contributed by atoms with van der Waals surface area (Å²) in [5.74, 6) is 1.03. The van der Waals surface area contributed by atoms with E-state index in [-0.39, 0.29) is 5.97 Å². The van der Waals surface area contributed by atoms with Crippen LogP contribution in [0.3, 0.4) is 0 Å². The van der Waals surface area contributed by atoms with Crippen molar-refractivity contribution in [3.63, 3.8) is 0 Å². The number of esters is 1. The maximum atomic E-state index is 11.2. The van der Waals surface area contributed by atoms with E-state index in [1.165, 1.54) is 15.7 Å². The van der Waals surface area contributed by atoms with E-state index in [9.17, 15) is 4.79 Å². The largest absolute Gasteiger partial charge is 0.466 e. The van der Waals surface area contributed by atoms with Gasteiger partial charge in [0.05, 0.1) is 6.61 Å². The van der Waals surface area contributed by atoms with Crippen LogP contribution in [0.5, 0.6) is 0 Å². The minimum atomic E-state index is -0.0697. The van der Waals surface area contributed by atoms with Crippen LogP contribution in [0.15, 0.2) is 47.4 Å². The van der Waals surface area contributed by atoms with E-state index in [0.717, 1.165) is 25.0 Å². The lowest BCUT2D eigenvalue weighted by Gasteiger charge is -2.04. The van der Waals surface area contributed by atoms with Crippen molar-refractivity contribution in [1.82, 2.24) is 0 Å². The second-order valence-electron chi connectivity index (χ2n) is 4.97. The summed E-state index contributed by atoms with van der Waals surface area (Å²) in [5.41, 5.74) is 0. The van der Waals surface area contributed by atoms with Gasteiger partial charge in [-0.05, 0) is 48.4 Å². The van der Waals surface area contributed by atoms with Crippen LogP contribution in [0.4, 0.5) is 0 Å². The molecule has 0 aromatic heterocycles. The SMILES string of the molecule is CCOC(=O)CCCCCSc1ccc2ccccc2c1. The van der Waals surface area contributed by atoms with Crippen molar-refractivity contribution >= 4 is 28.5 Å². The highest BCUT2D eigenvalue weighted by molar-refractivity contribution is 7.99. The Morgan fingerprint density at radius 3 is 2.67 bits per heavy atom. The van der Waals surface area contributed by atoms with E-state index in [1.807, 2.05) is 18.7 Å². The maximum Gasteiger partial charge on any atom is 0.305 e. The topological polar surface area (TPSA) is 26.3 Å². The first-order chi connectivity index (χ1) is 10.3. The fourth-order valence-corrected chi connectivity index (χ4v) is 3.19. The Hall–Kier alpha value is -1.48. The van der Waals surface area contributed by atoms with Gasteiger partial charge in [0, 0.05) is 11.3 Å². The molecule has 0 aliphatic carbocycles. The van der Waals surface area contributed by atoms with Gasteiger partial charge in [0.25, 0.3) is 0 Å². The van der Waals surface area contributed by atoms with Gasteiger partial charge in [-0.3, -0.25) is 4.79 Å². The van der Waals surface area contributed by atoms with Crippen LogP contribution >= 0.6 is 11.8 Å². The third-order valence-corrected chi connectivity index (χ3v) is 4.40. The fourth-order valence-electron chi connectivity index (χ4n) is 2.23. The van der Waals surface area contributed by atoms with Gasteiger partial charge in [-0.1, -0.05) is 36.8 Å². The number of carbonyl (C=O) groups is 1. The van der Waals surface area contributed by atoms with Crippen LogP contribution in [-0.2, 0) is 9.53 Å². The fraction of sp³-hybridized carbons (Fsp3) is 0.389. The number of unbranched alkanes of at least 4 members (excludes halogenated alkanes) is 2. The third-order valence-electron chi connectivity index (χ3n) is 3.32. The van der Waals surface area contributed by atoms with E-state index in [0.29, 0.717) is 13.0 Å². The number of thioether (sulfide) groups is 1. The molecule has 0 heterocycles. The van der Waals surface area contributed by atoms with Gasteiger partial charge < -0.3 is 4.74 Å². The lowest BCUT2D eigenvalue weighted by molar-refractivity contribution is -0.143. The average molecular weight is 302 g/mol. The molecule has 21 heavy (non-hydrogen) atoms. The second kappa shape index (κ2) is 8.73. The summed E-state index contributed by atoms with van der Waals surface area (Å²) in [6.45, 7) is 2.33. The highest BCUT2D eigenvalue weighted by Gasteiger charge is 2.01. The van der Waals surface area contributed by atoms with Crippen LogP contribution in [0.2, 0.25) is 0 Å². The normalized spacial score (nSPS) is 10.7. The number of hydrogen-bond donors (Lipinski definition) is 0. The molecule has 0 amide bonds. The number of rotatable bonds is 8. The predicted molar refractivity (Wildman–Crippen MR) is 89.8 cm³/mol. The van der Waals surface area contributed by atoms with Gasteiger partial charge in [-0.25, -0.2) is 0 Å². The van der Waals surface area contributed by atoms with Crippen molar-refractivity contribution in [3.05, 3.63) is 42.5 Å². The smallest absolute Gasteiger partial charge is 0.305 e. The molecule has 2 aromatic carbocycles. The quantitative estimate of drug-likeness (QED) is 0.387. The lowest BCUT2D eigenvalue weighted by Crippen LogP contribution is -2.03. The first-order valence-electron chi connectivity index (χ1n) is 7.57. The predicted octanol–water partition coefficient (Wildman–Crippen LogP) is 5.06. The van der Waals surface area contributed by atoms with Crippen LogP contribution < -0.4 is 0 Å². The van der Waals surface area contributed by atoms with E-state index in [1.54, 1.807) is 0 Å². The summed E-state index contributed by atoms with van der Waals surface area (Å²) in [7, 11) is 0. The number of carbonyl (C=O) groups excluding carboxylic acids is 1. The molecule has 0 bridgehead atoms. The van der Waals surface area contributed by atoms with Gasteiger partial charge in [0.1, 0.15) is 0 Å². The van der Waals surface area contributed by atoms with E-state index in [4.69, 9.17) is 4.74 Å². The van der Waals surface area contributed by atoms with Crippen molar-refractivity contribution in [2.24, 2.45) is 0 Å². The zero-order valence-electron chi connectivity index (χ0n) is 12.5. The zero-order valence-corrected chi connectivity index (χ0v) is 13.3. The summed E-state index contributed by atoms with van der Waals surface area (Å²) >= 11 is 1.89. The number of fused-ring (bicyclic) bond motifs is 1. The van der Waals surface area contributed by atoms with Crippen molar-refractivity contribution in [1.29, 1.82) is 0 Å². The number of benzene rings is 2. The molecule has 2 aromatic rings. The summed E-state index contributed by atoms with van der Waals surface area (Å²) < 4.78 is 4.91. The zero-order chi connectivity index (χ0) is 14.9. The minimum Gasteiger partial charge on any atom is -0.466 e. The first-order valence-corrected chi connectivity index (χ1v) is 8.55. The Morgan fingerprint density at radius 1 is 1.05 bits per heavy atom. The summed E-state index contributed by atoms with van der Waals surface area (Å²) in [6.07, 6.45) is 3.70. The molecule has 2 rings (SSSR count). The maximum absolute atomic E-state index is 11.2. The molecule has 0 spiro atoms. The molecule has 0 atom stereocenters. The first kappa shape index (κ1) is 15.9. The Morgan fingerprint density at radius 2 is 1.86 bits per heavy atom.